The SMILES string of the molecule is CNC[C@@H](O)COc1ccc2nc(-c3ccc(NC)nc3)ccc2c1. The summed E-state index contributed by atoms with van der Waals surface area (Å²) in [4.78, 5) is 9.02. The molecule has 130 valence electrons. The third-order valence-corrected chi connectivity index (χ3v) is 3.86. The van der Waals surface area contributed by atoms with Crippen molar-refractivity contribution in [3.8, 4) is 17.0 Å². The number of nitrogens with zero attached hydrogens (tertiary/aromatic N) is 2. The van der Waals surface area contributed by atoms with E-state index >= 15 is 0 Å². The van der Waals surface area contributed by atoms with Gasteiger partial charge in [0, 0.05) is 30.7 Å². The molecule has 6 heteroatoms. The first kappa shape index (κ1) is 17.1. The molecule has 2 aromatic heterocycles. The van der Waals surface area contributed by atoms with Crippen LogP contribution in [0.1, 0.15) is 0 Å². The van der Waals surface area contributed by atoms with E-state index in [0.29, 0.717) is 6.54 Å². The number of ether oxygens (including phenoxy) is 1. The van der Waals surface area contributed by atoms with Crippen molar-refractivity contribution in [3.63, 3.8) is 0 Å². The van der Waals surface area contributed by atoms with Crippen LogP contribution < -0.4 is 15.4 Å². The molecule has 3 N–H and O–H groups in total. The zero-order chi connectivity index (χ0) is 17.6. The third kappa shape index (κ3) is 4.23. The van der Waals surface area contributed by atoms with Crippen molar-refractivity contribution in [2.75, 3.05) is 32.6 Å². The molecule has 0 radical (unpaired) electrons. The van der Waals surface area contributed by atoms with Crippen LogP contribution in [-0.4, -0.2) is 48.4 Å². The van der Waals surface area contributed by atoms with Gasteiger partial charge in [-0.15, -0.1) is 0 Å². The fraction of sp³-hybridized carbons (Fsp3) is 0.263. The highest BCUT2D eigenvalue weighted by molar-refractivity contribution is 5.82. The topological polar surface area (TPSA) is 79.3 Å². The van der Waals surface area contributed by atoms with Gasteiger partial charge in [0.25, 0.3) is 0 Å². The Morgan fingerprint density at radius 3 is 2.72 bits per heavy atom. The first-order valence-electron chi connectivity index (χ1n) is 8.20. The Morgan fingerprint density at radius 1 is 1.12 bits per heavy atom. The van der Waals surface area contributed by atoms with Gasteiger partial charge in [0.05, 0.1) is 11.2 Å². The van der Waals surface area contributed by atoms with E-state index in [1.54, 1.807) is 13.2 Å². The summed E-state index contributed by atoms with van der Waals surface area (Å²) in [5, 5.41) is 16.6. The second-order valence-electron chi connectivity index (χ2n) is 5.76. The average molecular weight is 338 g/mol. The largest absolute Gasteiger partial charge is 0.491 e. The van der Waals surface area contributed by atoms with Gasteiger partial charge >= 0.3 is 0 Å². The molecule has 0 bridgehead atoms. The Morgan fingerprint density at radius 2 is 2.00 bits per heavy atom. The van der Waals surface area contributed by atoms with Crippen molar-refractivity contribution >= 4 is 16.7 Å². The van der Waals surface area contributed by atoms with Crippen LogP contribution in [0.4, 0.5) is 5.82 Å². The molecule has 25 heavy (non-hydrogen) atoms. The number of aliphatic hydroxyl groups is 1. The van der Waals surface area contributed by atoms with Crippen LogP contribution in [0.15, 0.2) is 48.7 Å². The molecule has 0 saturated heterocycles. The first-order valence-corrected chi connectivity index (χ1v) is 8.20. The Bertz CT molecular complexity index is 836. The van der Waals surface area contributed by atoms with Crippen molar-refractivity contribution in [2.24, 2.45) is 0 Å². The van der Waals surface area contributed by atoms with Crippen molar-refractivity contribution in [3.05, 3.63) is 48.7 Å². The van der Waals surface area contributed by atoms with Gasteiger partial charge in [-0.05, 0) is 43.4 Å². The second-order valence-corrected chi connectivity index (χ2v) is 5.76. The van der Waals surface area contributed by atoms with Crippen molar-refractivity contribution < 1.29 is 9.84 Å². The highest BCUT2D eigenvalue weighted by atomic mass is 16.5. The molecule has 2 heterocycles. The predicted octanol–water partition coefficient (Wildman–Crippen LogP) is 2.30. The maximum Gasteiger partial charge on any atom is 0.125 e. The highest BCUT2D eigenvalue weighted by Gasteiger charge is 2.06. The van der Waals surface area contributed by atoms with Crippen LogP contribution in [0.5, 0.6) is 5.75 Å². The molecular weight excluding hydrogens is 316 g/mol. The van der Waals surface area contributed by atoms with Gasteiger partial charge in [-0.3, -0.25) is 0 Å². The average Bonchev–Trinajstić information content (AvgIpc) is 2.66. The Kier molecular flexibility index (Phi) is 5.42. The van der Waals surface area contributed by atoms with E-state index in [0.717, 1.165) is 33.7 Å². The molecule has 0 aliphatic heterocycles. The number of benzene rings is 1. The van der Waals surface area contributed by atoms with Gasteiger partial charge < -0.3 is 20.5 Å². The molecule has 3 rings (SSSR count). The minimum Gasteiger partial charge on any atom is -0.491 e. The van der Waals surface area contributed by atoms with E-state index < -0.39 is 6.10 Å². The number of fused-ring (bicyclic) bond motifs is 1. The van der Waals surface area contributed by atoms with Crippen LogP contribution in [0.25, 0.3) is 22.2 Å². The van der Waals surface area contributed by atoms with Gasteiger partial charge in [-0.25, -0.2) is 9.97 Å². The van der Waals surface area contributed by atoms with Gasteiger partial charge in [0.1, 0.15) is 24.3 Å². The molecule has 0 spiro atoms. The van der Waals surface area contributed by atoms with E-state index in [4.69, 9.17) is 9.72 Å². The fourth-order valence-corrected chi connectivity index (χ4v) is 2.53. The molecule has 6 nitrogen and oxygen atoms in total. The number of nitrogens with one attached hydrogen (secondary N) is 2. The zero-order valence-corrected chi connectivity index (χ0v) is 14.4. The lowest BCUT2D eigenvalue weighted by atomic mass is 10.1. The molecule has 0 amide bonds. The summed E-state index contributed by atoms with van der Waals surface area (Å²) in [6, 6.07) is 13.6. The standard InChI is InChI=1S/C19H22N4O2/c1-20-11-15(24)12-25-16-5-7-17-13(9-16)3-6-18(23-17)14-4-8-19(21-2)22-10-14/h3-10,15,20,24H,11-12H2,1-2H3,(H,21,22)/t15-/m1/s1. The quantitative estimate of drug-likeness (QED) is 0.613. The normalized spacial score (nSPS) is 12.1. The van der Waals surface area contributed by atoms with Gasteiger partial charge in [-0.1, -0.05) is 6.07 Å². The summed E-state index contributed by atoms with van der Waals surface area (Å²) in [6.07, 6.45) is 1.27. The van der Waals surface area contributed by atoms with Crippen molar-refractivity contribution in [2.45, 2.75) is 6.10 Å². The van der Waals surface area contributed by atoms with E-state index in [1.807, 2.05) is 49.5 Å². The smallest absolute Gasteiger partial charge is 0.125 e. The van der Waals surface area contributed by atoms with E-state index in [-0.39, 0.29) is 6.61 Å². The lowest BCUT2D eigenvalue weighted by Crippen LogP contribution is -2.29. The molecule has 0 unspecified atom stereocenters. The number of hydrogen-bond donors (Lipinski definition) is 3. The van der Waals surface area contributed by atoms with Gasteiger partial charge in [0.15, 0.2) is 0 Å². The minimum atomic E-state index is -0.533. The molecule has 1 aromatic carbocycles. The number of hydrogen-bond acceptors (Lipinski definition) is 6. The first-order chi connectivity index (χ1) is 12.2. The van der Waals surface area contributed by atoms with E-state index in [9.17, 15) is 5.11 Å². The maximum atomic E-state index is 9.71. The highest BCUT2D eigenvalue weighted by Crippen LogP contribution is 2.24. The van der Waals surface area contributed by atoms with Crippen LogP contribution >= 0.6 is 0 Å². The molecule has 0 aliphatic rings. The predicted molar refractivity (Wildman–Crippen MR) is 99.9 cm³/mol. The monoisotopic (exact) mass is 338 g/mol. The second kappa shape index (κ2) is 7.92. The molecule has 0 fully saturated rings. The molecular formula is C19H22N4O2. The van der Waals surface area contributed by atoms with Crippen molar-refractivity contribution in [1.29, 1.82) is 0 Å². The van der Waals surface area contributed by atoms with Crippen molar-refractivity contribution in [1.82, 2.24) is 15.3 Å². The van der Waals surface area contributed by atoms with E-state index in [2.05, 4.69) is 15.6 Å². The fourth-order valence-electron chi connectivity index (χ4n) is 2.53. The van der Waals surface area contributed by atoms with Gasteiger partial charge in [-0.2, -0.15) is 0 Å². The number of likely N-dealkylation sites (N-methyl/N-ethyl adjacent to an activating group) is 1. The summed E-state index contributed by atoms with van der Waals surface area (Å²) in [6.45, 7) is 0.750. The summed E-state index contributed by atoms with van der Waals surface area (Å²) in [5.41, 5.74) is 2.73. The number of rotatable bonds is 7. The number of aliphatic hydroxyl groups excluding tert-OH is 1. The Labute approximate surface area is 146 Å². The van der Waals surface area contributed by atoms with E-state index in [1.165, 1.54) is 0 Å². The lowest BCUT2D eigenvalue weighted by molar-refractivity contribution is 0.108. The minimum absolute atomic E-state index is 0.251. The number of aromatic nitrogens is 2. The lowest BCUT2D eigenvalue weighted by Gasteiger charge is -2.12. The number of pyridine rings is 2. The maximum absolute atomic E-state index is 9.71. The Balaban J connectivity index is 1.78. The molecule has 1 atom stereocenters. The Hall–Kier alpha value is -2.70. The molecule has 3 aromatic rings. The summed E-state index contributed by atoms with van der Waals surface area (Å²) in [7, 11) is 3.64. The van der Waals surface area contributed by atoms with Crippen LogP contribution in [0.2, 0.25) is 0 Å². The third-order valence-electron chi connectivity index (χ3n) is 3.86. The van der Waals surface area contributed by atoms with Crippen LogP contribution in [-0.2, 0) is 0 Å². The zero-order valence-electron chi connectivity index (χ0n) is 14.4. The molecule has 0 saturated carbocycles. The molecule has 0 aliphatic carbocycles. The number of anilines is 1. The van der Waals surface area contributed by atoms with Gasteiger partial charge in [0.2, 0.25) is 0 Å². The summed E-state index contributed by atoms with van der Waals surface area (Å²) < 4.78 is 5.63. The summed E-state index contributed by atoms with van der Waals surface area (Å²) in [5.74, 6) is 1.55. The van der Waals surface area contributed by atoms with Crippen LogP contribution in [0, 0.1) is 0 Å². The van der Waals surface area contributed by atoms with Crippen LogP contribution in [0.3, 0.4) is 0 Å². The summed E-state index contributed by atoms with van der Waals surface area (Å²) >= 11 is 0.